The van der Waals surface area contributed by atoms with E-state index in [-0.39, 0.29) is 11.6 Å². The molecule has 3 rings (SSSR count). The van der Waals surface area contributed by atoms with Crippen molar-refractivity contribution in [3.8, 4) is 0 Å². The van der Waals surface area contributed by atoms with Crippen LogP contribution in [-0.4, -0.2) is 21.1 Å². The molecule has 1 amide bonds. The number of amides is 1. The van der Waals surface area contributed by atoms with Crippen molar-refractivity contribution in [3.63, 3.8) is 0 Å². The maximum Gasteiger partial charge on any atom is 0.276 e. The summed E-state index contributed by atoms with van der Waals surface area (Å²) in [5.74, 6) is -0.336. The first-order valence-corrected chi connectivity index (χ1v) is 5.69. The van der Waals surface area contributed by atoms with Gasteiger partial charge >= 0.3 is 0 Å². The van der Waals surface area contributed by atoms with Crippen molar-refractivity contribution in [3.05, 3.63) is 48.4 Å². The molecule has 0 saturated heterocycles. The van der Waals surface area contributed by atoms with E-state index in [0.29, 0.717) is 11.4 Å². The Hall–Kier alpha value is -2.89. The molecule has 0 aliphatic carbocycles. The van der Waals surface area contributed by atoms with E-state index >= 15 is 0 Å². The number of carbonyl (C=O) groups is 1. The molecule has 0 aliphatic rings. The third-order valence-electron chi connectivity index (χ3n) is 2.75. The van der Waals surface area contributed by atoms with Crippen LogP contribution in [0.5, 0.6) is 0 Å². The number of pyridine rings is 1. The maximum atomic E-state index is 12.0. The number of nitrogen functional groups attached to an aromatic ring is 1. The van der Waals surface area contributed by atoms with Crippen molar-refractivity contribution >= 4 is 28.2 Å². The molecule has 4 N–H and O–H groups in total. The van der Waals surface area contributed by atoms with Crippen LogP contribution in [0.25, 0.3) is 10.9 Å². The Balaban J connectivity index is 1.88. The van der Waals surface area contributed by atoms with E-state index in [1.165, 1.54) is 6.20 Å². The van der Waals surface area contributed by atoms with Crippen molar-refractivity contribution < 1.29 is 4.79 Å². The number of nitrogens with one attached hydrogen (secondary N) is 2. The van der Waals surface area contributed by atoms with Crippen molar-refractivity contribution in [2.45, 2.75) is 0 Å². The second kappa shape index (κ2) is 4.41. The van der Waals surface area contributed by atoms with Crippen molar-refractivity contribution in [2.24, 2.45) is 0 Å². The van der Waals surface area contributed by atoms with Gasteiger partial charge in [0, 0.05) is 17.3 Å². The number of hydrogen-bond acceptors (Lipinski definition) is 4. The first-order valence-electron chi connectivity index (χ1n) is 5.69. The van der Waals surface area contributed by atoms with Crippen LogP contribution in [0.15, 0.2) is 42.7 Å². The van der Waals surface area contributed by atoms with Gasteiger partial charge in [-0.25, -0.2) is 4.98 Å². The largest absolute Gasteiger partial charge is 0.397 e. The summed E-state index contributed by atoms with van der Waals surface area (Å²) in [6.07, 6.45) is 3.25. The summed E-state index contributed by atoms with van der Waals surface area (Å²) < 4.78 is 0. The second-order valence-electron chi connectivity index (χ2n) is 4.07. The molecule has 94 valence electrons. The third-order valence-corrected chi connectivity index (χ3v) is 2.75. The lowest BCUT2D eigenvalue weighted by Gasteiger charge is -2.06. The topological polar surface area (TPSA) is 96.7 Å². The molecule has 6 nitrogen and oxygen atoms in total. The van der Waals surface area contributed by atoms with Crippen molar-refractivity contribution in [2.75, 3.05) is 11.1 Å². The van der Waals surface area contributed by atoms with Gasteiger partial charge in [0.05, 0.1) is 17.4 Å². The Labute approximate surface area is 108 Å². The number of rotatable bonds is 2. The molecule has 6 heteroatoms. The van der Waals surface area contributed by atoms with E-state index in [9.17, 15) is 4.79 Å². The van der Waals surface area contributed by atoms with Crippen LogP contribution in [0, 0.1) is 0 Å². The summed E-state index contributed by atoms with van der Waals surface area (Å²) in [6.45, 7) is 0. The summed E-state index contributed by atoms with van der Waals surface area (Å²) in [7, 11) is 0. The standard InChI is InChI=1S/C13H11N5O/c14-10-2-1-5-15-12(10)13(19)17-9-4-3-8-7-16-18-11(8)6-9/h1-7H,14H2,(H,16,18)(H,17,19). The van der Waals surface area contributed by atoms with Crippen LogP contribution in [0.1, 0.15) is 10.5 Å². The van der Waals surface area contributed by atoms with E-state index in [2.05, 4.69) is 20.5 Å². The highest BCUT2D eigenvalue weighted by molar-refractivity contribution is 6.06. The summed E-state index contributed by atoms with van der Waals surface area (Å²) in [5, 5.41) is 10.5. The molecule has 0 radical (unpaired) electrons. The lowest BCUT2D eigenvalue weighted by molar-refractivity contribution is 0.102. The van der Waals surface area contributed by atoms with Crippen LogP contribution in [-0.2, 0) is 0 Å². The number of aromatic amines is 1. The highest BCUT2D eigenvalue weighted by Crippen LogP contribution is 2.17. The van der Waals surface area contributed by atoms with Crippen LogP contribution in [0.3, 0.4) is 0 Å². The normalized spacial score (nSPS) is 10.5. The summed E-state index contributed by atoms with van der Waals surface area (Å²) in [5.41, 5.74) is 7.79. The Morgan fingerprint density at radius 2 is 2.21 bits per heavy atom. The minimum Gasteiger partial charge on any atom is -0.397 e. The predicted octanol–water partition coefficient (Wildman–Crippen LogP) is 1.79. The molecule has 3 aromatic rings. The summed E-state index contributed by atoms with van der Waals surface area (Å²) in [4.78, 5) is 16.0. The zero-order valence-electron chi connectivity index (χ0n) is 9.92. The first kappa shape index (κ1) is 11.2. The highest BCUT2D eigenvalue weighted by atomic mass is 16.1. The number of nitrogens with two attached hydrogens (primary N) is 1. The smallest absolute Gasteiger partial charge is 0.276 e. The molecule has 0 fully saturated rings. The summed E-state index contributed by atoms with van der Waals surface area (Å²) in [6, 6.07) is 8.80. The van der Waals surface area contributed by atoms with Gasteiger partial charge in [-0.1, -0.05) is 0 Å². The van der Waals surface area contributed by atoms with E-state index in [0.717, 1.165) is 10.9 Å². The number of anilines is 2. The number of fused-ring (bicyclic) bond motifs is 1. The lowest BCUT2D eigenvalue weighted by atomic mass is 10.2. The molecule has 0 spiro atoms. The Morgan fingerprint density at radius 1 is 1.32 bits per heavy atom. The lowest BCUT2D eigenvalue weighted by Crippen LogP contribution is -2.15. The fraction of sp³-hybridized carbons (Fsp3) is 0. The number of hydrogen-bond donors (Lipinski definition) is 3. The molecule has 0 atom stereocenters. The number of carbonyl (C=O) groups excluding carboxylic acids is 1. The zero-order chi connectivity index (χ0) is 13.2. The minimum atomic E-state index is -0.336. The highest BCUT2D eigenvalue weighted by Gasteiger charge is 2.11. The number of benzene rings is 1. The second-order valence-corrected chi connectivity index (χ2v) is 4.07. The van der Waals surface area contributed by atoms with Gasteiger partial charge in [-0.15, -0.1) is 0 Å². The molecule has 0 unspecified atom stereocenters. The van der Waals surface area contributed by atoms with E-state index in [1.807, 2.05) is 6.07 Å². The third kappa shape index (κ3) is 2.11. The Kier molecular flexibility index (Phi) is 2.60. The molecule has 1 aromatic carbocycles. The monoisotopic (exact) mass is 253 g/mol. The quantitative estimate of drug-likeness (QED) is 0.648. The summed E-state index contributed by atoms with van der Waals surface area (Å²) >= 11 is 0. The van der Waals surface area contributed by atoms with Gasteiger partial charge in [-0.05, 0) is 30.3 Å². The molecule has 2 aromatic heterocycles. The van der Waals surface area contributed by atoms with Crippen LogP contribution >= 0.6 is 0 Å². The van der Waals surface area contributed by atoms with Gasteiger partial charge in [-0.3, -0.25) is 9.89 Å². The van der Waals surface area contributed by atoms with E-state index in [4.69, 9.17) is 5.73 Å². The molecule has 2 heterocycles. The van der Waals surface area contributed by atoms with Gasteiger partial charge in [0.2, 0.25) is 0 Å². The number of aromatic nitrogens is 3. The number of H-pyrrole nitrogens is 1. The first-order chi connectivity index (χ1) is 9.24. The Bertz CT molecular complexity index is 749. The molecule has 0 aliphatic heterocycles. The predicted molar refractivity (Wildman–Crippen MR) is 72.7 cm³/mol. The van der Waals surface area contributed by atoms with E-state index in [1.54, 1.807) is 30.5 Å². The van der Waals surface area contributed by atoms with Gasteiger partial charge < -0.3 is 11.1 Å². The van der Waals surface area contributed by atoms with Crippen LogP contribution in [0.2, 0.25) is 0 Å². The molecular formula is C13H11N5O. The molecule has 19 heavy (non-hydrogen) atoms. The fourth-order valence-corrected chi connectivity index (χ4v) is 1.81. The van der Waals surface area contributed by atoms with Gasteiger partial charge in [-0.2, -0.15) is 5.10 Å². The maximum absolute atomic E-state index is 12.0. The zero-order valence-corrected chi connectivity index (χ0v) is 9.92. The minimum absolute atomic E-state index is 0.215. The van der Waals surface area contributed by atoms with Gasteiger partial charge in [0.1, 0.15) is 0 Å². The van der Waals surface area contributed by atoms with Crippen LogP contribution < -0.4 is 11.1 Å². The molecular weight excluding hydrogens is 242 g/mol. The molecule has 0 bridgehead atoms. The Morgan fingerprint density at radius 3 is 3.05 bits per heavy atom. The average molecular weight is 253 g/mol. The molecule has 0 saturated carbocycles. The number of nitrogens with zero attached hydrogens (tertiary/aromatic N) is 2. The van der Waals surface area contributed by atoms with Crippen molar-refractivity contribution in [1.29, 1.82) is 0 Å². The average Bonchev–Trinajstić information content (AvgIpc) is 2.86. The van der Waals surface area contributed by atoms with Gasteiger partial charge in [0.25, 0.3) is 5.91 Å². The van der Waals surface area contributed by atoms with E-state index < -0.39 is 0 Å². The van der Waals surface area contributed by atoms with Crippen LogP contribution in [0.4, 0.5) is 11.4 Å². The fourth-order valence-electron chi connectivity index (χ4n) is 1.81. The van der Waals surface area contributed by atoms with Gasteiger partial charge in [0.15, 0.2) is 5.69 Å². The SMILES string of the molecule is Nc1cccnc1C(=O)Nc1ccc2cn[nH]c2c1. The van der Waals surface area contributed by atoms with Crippen molar-refractivity contribution in [1.82, 2.24) is 15.2 Å².